The molecule has 0 atom stereocenters. The van der Waals surface area contributed by atoms with Gasteiger partial charge < -0.3 is 19.9 Å². The Balaban J connectivity index is 1.33. The van der Waals surface area contributed by atoms with Crippen molar-refractivity contribution in [3.05, 3.63) is 58.2 Å². The summed E-state index contributed by atoms with van der Waals surface area (Å²) in [6, 6.07) is 8.59. The fraction of sp³-hybridized carbons (Fsp3) is 0.261. The molecule has 0 aliphatic heterocycles. The number of benzene rings is 1. The molecule has 2 heterocycles. The maximum atomic E-state index is 12.6. The van der Waals surface area contributed by atoms with Gasteiger partial charge in [-0.1, -0.05) is 23.9 Å². The second kappa shape index (κ2) is 10.5. The van der Waals surface area contributed by atoms with E-state index in [4.69, 9.17) is 4.74 Å². The first kappa shape index (κ1) is 23.5. The van der Waals surface area contributed by atoms with Crippen LogP contribution in [0.4, 0.5) is 10.7 Å². The van der Waals surface area contributed by atoms with E-state index < -0.39 is 18.5 Å². The number of thioether (sulfide) groups is 1. The highest BCUT2D eigenvalue weighted by Crippen LogP contribution is 2.38. The van der Waals surface area contributed by atoms with Crippen LogP contribution in [-0.4, -0.2) is 39.7 Å². The van der Waals surface area contributed by atoms with Crippen LogP contribution in [0.3, 0.4) is 0 Å². The number of rotatable bonds is 8. The summed E-state index contributed by atoms with van der Waals surface area (Å²) in [6.07, 6.45) is 6.19. The number of esters is 1. The van der Waals surface area contributed by atoms with Crippen LogP contribution >= 0.6 is 23.1 Å². The van der Waals surface area contributed by atoms with Crippen molar-refractivity contribution in [1.29, 1.82) is 5.26 Å². The molecule has 2 amide bonds. The molecule has 0 saturated carbocycles. The molecule has 0 saturated heterocycles. The van der Waals surface area contributed by atoms with Crippen LogP contribution in [0.5, 0.6) is 0 Å². The highest BCUT2D eigenvalue weighted by molar-refractivity contribution is 7.99. The molecule has 1 aromatic carbocycles. The smallest absolute Gasteiger partial charge is 0.340 e. The lowest BCUT2D eigenvalue weighted by Gasteiger charge is -2.11. The van der Waals surface area contributed by atoms with E-state index in [-0.39, 0.29) is 17.2 Å². The standard InChI is InChI=1S/C23H21N5O4S2/c1-28-10-9-25-23(28)33-13-20(30)26-17-7-3-2-5-15(17)22(31)32-12-19(29)27-21-16(11-24)14-6-4-8-18(14)34-21/h2-3,5,7,9-10H,4,6,8,12-13H2,1H3,(H,26,30)(H,27,29). The Labute approximate surface area is 204 Å². The molecule has 11 heteroatoms. The van der Waals surface area contributed by atoms with Crippen LogP contribution in [0.1, 0.15) is 32.8 Å². The first-order chi connectivity index (χ1) is 16.5. The van der Waals surface area contributed by atoms with Gasteiger partial charge >= 0.3 is 5.97 Å². The lowest BCUT2D eigenvalue weighted by Crippen LogP contribution is -2.22. The summed E-state index contributed by atoms with van der Waals surface area (Å²) in [7, 11) is 1.83. The number of amides is 2. The van der Waals surface area contributed by atoms with Crippen molar-refractivity contribution in [3.63, 3.8) is 0 Å². The number of anilines is 2. The fourth-order valence-corrected chi connectivity index (χ4v) is 5.55. The van der Waals surface area contributed by atoms with Gasteiger partial charge in [-0.05, 0) is 37.0 Å². The zero-order valence-corrected chi connectivity index (χ0v) is 19.9. The number of nitriles is 1. The van der Waals surface area contributed by atoms with Gasteiger partial charge in [0.25, 0.3) is 5.91 Å². The number of ether oxygens (including phenoxy) is 1. The van der Waals surface area contributed by atoms with Crippen molar-refractivity contribution < 1.29 is 19.1 Å². The van der Waals surface area contributed by atoms with Gasteiger partial charge in [0, 0.05) is 24.3 Å². The number of thiophene rings is 1. The van der Waals surface area contributed by atoms with Gasteiger partial charge in [-0.3, -0.25) is 9.59 Å². The van der Waals surface area contributed by atoms with E-state index in [2.05, 4.69) is 21.7 Å². The van der Waals surface area contributed by atoms with Crippen LogP contribution in [-0.2, 0) is 34.2 Å². The van der Waals surface area contributed by atoms with Crippen LogP contribution in [0.15, 0.2) is 41.8 Å². The normalized spacial score (nSPS) is 12.0. The molecule has 0 fully saturated rings. The fourth-order valence-electron chi connectivity index (χ4n) is 3.56. The number of fused-ring (bicyclic) bond motifs is 1. The van der Waals surface area contributed by atoms with E-state index >= 15 is 0 Å². The SMILES string of the molecule is Cn1ccnc1SCC(=O)Nc1ccccc1C(=O)OCC(=O)Nc1sc2c(c1C#N)CCC2. The van der Waals surface area contributed by atoms with Crippen molar-refractivity contribution in [2.24, 2.45) is 7.05 Å². The van der Waals surface area contributed by atoms with Crippen LogP contribution < -0.4 is 10.6 Å². The molecular weight excluding hydrogens is 474 g/mol. The molecule has 2 aromatic heterocycles. The number of imidazole rings is 1. The van der Waals surface area contributed by atoms with E-state index in [0.717, 1.165) is 29.7 Å². The Morgan fingerprint density at radius 1 is 1.24 bits per heavy atom. The highest BCUT2D eigenvalue weighted by atomic mass is 32.2. The molecule has 1 aliphatic rings. The predicted molar refractivity (Wildman–Crippen MR) is 129 cm³/mol. The average Bonchev–Trinajstić information content (AvgIpc) is 3.52. The number of hydrogen-bond donors (Lipinski definition) is 2. The maximum absolute atomic E-state index is 12.6. The molecule has 3 aromatic rings. The number of hydrogen-bond acceptors (Lipinski definition) is 8. The first-order valence-electron chi connectivity index (χ1n) is 10.5. The molecule has 0 radical (unpaired) electrons. The number of carbonyl (C=O) groups excluding carboxylic acids is 3. The maximum Gasteiger partial charge on any atom is 0.340 e. The molecular formula is C23H21N5O4S2. The average molecular weight is 496 g/mol. The third-order valence-electron chi connectivity index (χ3n) is 5.15. The van der Waals surface area contributed by atoms with Crippen molar-refractivity contribution in [1.82, 2.24) is 9.55 Å². The van der Waals surface area contributed by atoms with Crippen molar-refractivity contribution in [2.75, 3.05) is 23.0 Å². The summed E-state index contributed by atoms with van der Waals surface area (Å²) >= 11 is 2.67. The number of carbonyl (C=O) groups is 3. The van der Waals surface area contributed by atoms with Gasteiger partial charge in [0.1, 0.15) is 11.1 Å². The van der Waals surface area contributed by atoms with E-state index in [1.807, 2.05) is 7.05 Å². The summed E-state index contributed by atoms with van der Waals surface area (Å²) in [6.45, 7) is -0.510. The Kier molecular flexibility index (Phi) is 7.30. The Hall–Kier alpha value is -3.62. The van der Waals surface area contributed by atoms with E-state index in [9.17, 15) is 19.6 Å². The zero-order chi connectivity index (χ0) is 24.1. The molecule has 0 bridgehead atoms. The molecule has 1 aliphatic carbocycles. The molecule has 0 unspecified atom stereocenters. The topological polar surface area (TPSA) is 126 Å². The molecule has 2 N–H and O–H groups in total. The van der Waals surface area contributed by atoms with Crippen molar-refractivity contribution in [2.45, 2.75) is 24.4 Å². The quantitative estimate of drug-likeness (QED) is 0.362. The van der Waals surface area contributed by atoms with Gasteiger partial charge in [-0.15, -0.1) is 11.3 Å². The number of nitrogens with one attached hydrogen (secondary N) is 2. The van der Waals surface area contributed by atoms with E-state index in [0.29, 0.717) is 21.4 Å². The van der Waals surface area contributed by atoms with Gasteiger partial charge in [-0.25, -0.2) is 9.78 Å². The van der Waals surface area contributed by atoms with Crippen LogP contribution in [0.25, 0.3) is 0 Å². The summed E-state index contributed by atoms with van der Waals surface area (Å²) < 4.78 is 6.97. The van der Waals surface area contributed by atoms with Gasteiger partial charge in [0.2, 0.25) is 5.91 Å². The van der Waals surface area contributed by atoms with Crippen molar-refractivity contribution in [3.8, 4) is 6.07 Å². The highest BCUT2D eigenvalue weighted by Gasteiger charge is 2.23. The second-order valence-corrected chi connectivity index (χ2v) is 9.55. The Morgan fingerprint density at radius 2 is 2.06 bits per heavy atom. The minimum Gasteiger partial charge on any atom is -0.452 e. The molecule has 174 valence electrons. The number of para-hydroxylation sites is 1. The monoisotopic (exact) mass is 495 g/mol. The van der Waals surface area contributed by atoms with E-state index in [1.54, 1.807) is 35.2 Å². The van der Waals surface area contributed by atoms with Gasteiger partial charge in [0.05, 0.1) is 22.6 Å². The summed E-state index contributed by atoms with van der Waals surface area (Å²) in [5.74, 6) is -1.46. The predicted octanol–water partition coefficient (Wildman–Crippen LogP) is 3.37. The van der Waals surface area contributed by atoms with E-state index in [1.165, 1.54) is 29.2 Å². The third-order valence-corrected chi connectivity index (χ3v) is 7.42. The number of aromatic nitrogens is 2. The third kappa shape index (κ3) is 5.30. The molecule has 34 heavy (non-hydrogen) atoms. The zero-order valence-electron chi connectivity index (χ0n) is 18.3. The lowest BCUT2D eigenvalue weighted by atomic mass is 10.1. The second-order valence-electron chi connectivity index (χ2n) is 7.50. The Bertz CT molecular complexity index is 1290. The van der Waals surface area contributed by atoms with Gasteiger partial charge in [-0.2, -0.15) is 5.26 Å². The molecule has 0 spiro atoms. The molecule has 9 nitrogen and oxygen atoms in total. The van der Waals surface area contributed by atoms with Crippen molar-refractivity contribution >= 4 is 51.6 Å². The first-order valence-corrected chi connectivity index (χ1v) is 12.3. The largest absolute Gasteiger partial charge is 0.452 e. The molecule has 4 rings (SSSR count). The van der Waals surface area contributed by atoms with Crippen LogP contribution in [0.2, 0.25) is 0 Å². The minimum absolute atomic E-state index is 0.114. The Morgan fingerprint density at radius 3 is 2.82 bits per heavy atom. The number of aryl methyl sites for hydroxylation is 2. The summed E-state index contributed by atoms with van der Waals surface area (Å²) in [5, 5.41) is 16.0. The lowest BCUT2D eigenvalue weighted by molar-refractivity contribution is -0.119. The minimum atomic E-state index is -0.739. The summed E-state index contributed by atoms with van der Waals surface area (Å²) in [4.78, 5) is 42.6. The number of nitrogens with zero attached hydrogens (tertiary/aromatic N) is 3. The van der Waals surface area contributed by atoms with Crippen LogP contribution in [0, 0.1) is 11.3 Å². The van der Waals surface area contributed by atoms with Gasteiger partial charge in [0.15, 0.2) is 11.8 Å². The summed E-state index contributed by atoms with van der Waals surface area (Å²) in [5.41, 5.74) is 1.93.